The van der Waals surface area contributed by atoms with Crippen molar-refractivity contribution in [3.8, 4) is 23.3 Å². The Kier molecular flexibility index (Phi) is 6.06. The van der Waals surface area contributed by atoms with Crippen molar-refractivity contribution >= 4 is 17.7 Å². The normalized spacial score (nSPS) is 10.6. The molecule has 1 amide bonds. The van der Waals surface area contributed by atoms with Crippen LogP contribution in [0.1, 0.15) is 5.56 Å². The molecule has 0 heterocycles. The molecule has 0 fully saturated rings. The average molecular weight is 370 g/mol. The van der Waals surface area contributed by atoms with Gasteiger partial charge in [0.05, 0.1) is 12.8 Å². The van der Waals surface area contributed by atoms with Crippen molar-refractivity contribution in [1.29, 1.82) is 5.26 Å². The molecule has 3 aromatic rings. The van der Waals surface area contributed by atoms with Crippen LogP contribution in [0.3, 0.4) is 0 Å². The summed E-state index contributed by atoms with van der Waals surface area (Å²) in [4.78, 5) is 12.5. The average Bonchev–Trinajstić information content (AvgIpc) is 2.73. The fourth-order valence-electron chi connectivity index (χ4n) is 2.55. The zero-order chi connectivity index (χ0) is 19.8. The highest BCUT2D eigenvalue weighted by atomic mass is 16.5. The van der Waals surface area contributed by atoms with E-state index in [1.807, 2.05) is 42.5 Å². The smallest absolute Gasteiger partial charge is 0.266 e. The third-order valence-corrected chi connectivity index (χ3v) is 3.87. The number of carbonyl (C=O) groups excluding carboxylic acids is 1. The highest BCUT2D eigenvalue weighted by molar-refractivity contribution is 6.10. The van der Waals surface area contributed by atoms with Gasteiger partial charge in [0, 0.05) is 0 Å². The summed E-state index contributed by atoms with van der Waals surface area (Å²) in [5, 5.41) is 12.1. The van der Waals surface area contributed by atoms with E-state index in [-0.39, 0.29) is 5.57 Å². The first-order valence-corrected chi connectivity index (χ1v) is 8.59. The summed E-state index contributed by atoms with van der Waals surface area (Å²) in [5.41, 5.74) is 1.15. The fraction of sp³-hybridized carbons (Fsp3) is 0.0435. The van der Waals surface area contributed by atoms with Crippen molar-refractivity contribution in [3.05, 3.63) is 90.0 Å². The summed E-state index contributed by atoms with van der Waals surface area (Å²) >= 11 is 0. The van der Waals surface area contributed by atoms with Crippen LogP contribution in [-0.4, -0.2) is 13.0 Å². The van der Waals surface area contributed by atoms with Crippen molar-refractivity contribution in [2.24, 2.45) is 0 Å². The molecule has 0 radical (unpaired) electrons. The molecule has 5 heteroatoms. The molecular weight excluding hydrogens is 352 g/mol. The van der Waals surface area contributed by atoms with Crippen LogP contribution in [0.25, 0.3) is 6.08 Å². The summed E-state index contributed by atoms with van der Waals surface area (Å²) in [5.74, 6) is 1.33. The largest absolute Gasteiger partial charge is 0.495 e. The Morgan fingerprint density at radius 3 is 2.43 bits per heavy atom. The molecule has 3 rings (SSSR count). The predicted octanol–water partition coefficient (Wildman–Crippen LogP) is 5.03. The number of hydrogen-bond donors (Lipinski definition) is 1. The molecule has 138 valence electrons. The van der Waals surface area contributed by atoms with Crippen LogP contribution in [0.5, 0.6) is 17.2 Å². The van der Waals surface area contributed by atoms with E-state index in [4.69, 9.17) is 9.47 Å². The molecule has 3 aromatic carbocycles. The van der Waals surface area contributed by atoms with Crippen LogP contribution >= 0.6 is 0 Å². The molecule has 0 spiro atoms. The van der Waals surface area contributed by atoms with Gasteiger partial charge in [0.2, 0.25) is 0 Å². The van der Waals surface area contributed by atoms with E-state index in [0.29, 0.717) is 28.5 Å². The Bertz CT molecular complexity index is 1040. The van der Waals surface area contributed by atoms with Crippen molar-refractivity contribution < 1.29 is 14.3 Å². The molecular formula is C23H18N2O3. The number of methoxy groups -OCH3 is 1. The molecule has 0 saturated carbocycles. The molecule has 5 nitrogen and oxygen atoms in total. The second-order valence-corrected chi connectivity index (χ2v) is 5.81. The Balaban J connectivity index is 1.79. The van der Waals surface area contributed by atoms with Gasteiger partial charge in [-0.1, -0.05) is 42.5 Å². The van der Waals surface area contributed by atoms with Crippen LogP contribution in [0, 0.1) is 11.3 Å². The number of nitrogens with one attached hydrogen (secondary N) is 1. The summed E-state index contributed by atoms with van der Waals surface area (Å²) in [6.45, 7) is 0. The highest BCUT2D eigenvalue weighted by Crippen LogP contribution is 2.25. The first-order valence-electron chi connectivity index (χ1n) is 8.59. The van der Waals surface area contributed by atoms with Gasteiger partial charge >= 0.3 is 0 Å². The minimum Gasteiger partial charge on any atom is -0.495 e. The number of amides is 1. The fourth-order valence-corrected chi connectivity index (χ4v) is 2.55. The van der Waals surface area contributed by atoms with Crippen LogP contribution in [0.4, 0.5) is 5.69 Å². The van der Waals surface area contributed by atoms with Gasteiger partial charge in [0.1, 0.15) is 28.9 Å². The number of anilines is 1. The molecule has 28 heavy (non-hydrogen) atoms. The molecule has 1 N–H and O–H groups in total. The quantitative estimate of drug-likeness (QED) is 0.488. The molecule has 0 aliphatic rings. The zero-order valence-corrected chi connectivity index (χ0v) is 15.3. The monoisotopic (exact) mass is 370 g/mol. The summed E-state index contributed by atoms with van der Waals surface area (Å²) in [6, 6.07) is 25.5. The molecule has 0 aliphatic carbocycles. The number of rotatable bonds is 6. The standard InChI is InChI=1S/C23H18N2O3/c1-27-22-13-6-5-12-21(22)25-23(26)18(16-24)14-17-8-7-11-20(15-17)28-19-9-3-2-4-10-19/h2-15H,1H3,(H,25,26). The van der Waals surface area contributed by atoms with E-state index in [1.165, 1.54) is 13.2 Å². The minimum atomic E-state index is -0.513. The number of para-hydroxylation sites is 3. The van der Waals surface area contributed by atoms with Gasteiger partial charge in [-0.05, 0) is 48.0 Å². The van der Waals surface area contributed by atoms with E-state index in [0.717, 1.165) is 0 Å². The lowest BCUT2D eigenvalue weighted by atomic mass is 10.1. The molecule has 0 bridgehead atoms. The van der Waals surface area contributed by atoms with E-state index >= 15 is 0 Å². The zero-order valence-electron chi connectivity index (χ0n) is 15.3. The number of nitrogens with zero attached hydrogens (tertiary/aromatic N) is 1. The van der Waals surface area contributed by atoms with E-state index < -0.39 is 5.91 Å². The van der Waals surface area contributed by atoms with Gasteiger partial charge in [0.25, 0.3) is 5.91 Å². The molecule has 0 saturated heterocycles. The minimum absolute atomic E-state index is 0.0252. The van der Waals surface area contributed by atoms with Crippen molar-refractivity contribution in [2.75, 3.05) is 12.4 Å². The molecule has 0 atom stereocenters. The second kappa shape index (κ2) is 9.06. The van der Waals surface area contributed by atoms with Crippen LogP contribution in [-0.2, 0) is 4.79 Å². The summed E-state index contributed by atoms with van der Waals surface area (Å²) < 4.78 is 11.0. The molecule has 0 aromatic heterocycles. The van der Waals surface area contributed by atoms with Crippen LogP contribution in [0.2, 0.25) is 0 Å². The van der Waals surface area contributed by atoms with Gasteiger partial charge in [-0.2, -0.15) is 5.26 Å². The first-order chi connectivity index (χ1) is 13.7. The van der Waals surface area contributed by atoms with Crippen molar-refractivity contribution in [2.45, 2.75) is 0 Å². The Hall–Kier alpha value is -4.04. The number of carbonyl (C=O) groups is 1. The maximum atomic E-state index is 12.5. The number of hydrogen-bond acceptors (Lipinski definition) is 4. The maximum absolute atomic E-state index is 12.5. The SMILES string of the molecule is COc1ccccc1NC(=O)C(C#N)=Cc1cccc(Oc2ccccc2)c1. The van der Waals surface area contributed by atoms with Gasteiger partial charge < -0.3 is 14.8 Å². The number of nitriles is 1. The summed E-state index contributed by atoms with van der Waals surface area (Å²) in [7, 11) is 1.52. The lowest BCUT2D eigenvalue weighted by Crippen LogP contribution is -2.14. The lowest BCUT2D eigenvalue weighted by molar-refractivity contribution is -0.112. The highest BCUT2D eigenvalue weighted by Gasteiger charge is 2.12. The number of ether oxygens (including phenoxy) is 2. The van der Waals surface area contributed by atoms with Crippen LogP contribution in [0.15, 0.2) is 84.4 Å². The lowest BCUT2D eigenvalue weighted by Gasteiger charge is -2.09. The third-order valence-electron chi connectivity index (χ3n) is 3.87. The van der Waals surface area contributed by atoms with Crippen molar-refractivity contribution in [3.63, 3.8) is 0 Å². The summed E-state index contributed by atoms with van der Waals surface area (Å²) in [6.07, 6.45) is 1.52. The van der Waals surface area contributed by atoms with Gasteiger partial charge in [-0.3, -0.25) is 4.79 Å². The maximum Gasteiger partial charge on any atom is 0.266 e. The molecule has 0 unspecified atom stereocenters. The van der Waals surface area contributed by atoms with E-state index in [2.05, 4.69) is 5.32 Å². The van der Waals surface area contributed by atoms with Crippen LogP contribution < -0.4 is 14.8 Å². The third kappa shape index (κ3) is 4.77. The van der Waals surface area contributed by atoms with Gasteiger partial charge in [-0.15, -0.1) is 0 Å². The predicted molar refractivity (Wildman–Crippen MR) is 108 cm³/mol. The Morgan fingerprint density at radius 2 is 1.68 bits per heavy atom. The Labute approximate surface area is 163 Å². The molecule has 0 aliphatic heterocycles. The first kappa shape index (κ1) is 18.7. The Morgan fingerprint density at radius 1 is 0.964 bits per heavy atom. The van der Waals surface area contributed by atoms with E-state index in [9.17, 15) is 10.1 Å². The van der Waals surface area contributed by atoms with Gasteiger partial charge in [-0.25, -0.2) is 0 Å². The van der Waals surface area contributed by atoms with Crippen molar-refractivity contribution in [1.82, 2.24) is 0 Å². The topological polar surface area (TPSA) is 71.3 Å². The van der Waals surface area contributed by atoms with E-state index in [1.54, 1.807) is 42.5 Å². The second-order valence-electron chi connectivity index (χ2n) is 5.81. The van der Waals surface area contributed by atoms with Gasteiger partial charge in [0.15, 0.2) is 0 Å². The number of benzene rings is 3.